The Bertz CT molecular complexity index is 1170. The third kappa shape index (κ3) is 6.02. The average Bonchev–Trinajstić information content (AvgIpc) is 2.90. The minimum Gasteiger partial charge on any atom is -0.508 e. The molecule has 1 unspecified atom stereocenters. The lowest BCUT2D eigenvalue weighted by Gasteiger charge is -2.16. The smallest absolute Gasteiger partial charge is 0.119 e. The van der Waals surface area contributed by atoms with Crippen LogP contribution in [0.1, 0.15) is 39.5 Å². The fourth-order valence-electron chi connectivity index (χ4n) is 3.98. The molecule has 0 saturated carbocycles. The van der Waals surface area contributed by atoms with Gasteiger partial charge in [-0.25, -0.2) is 4.98 Å². The maximum atomic E-state index is 9.70. The summed E-state index contributed by atoms with van der Waals surface area (Å²) in [6, 6.07) is 25.3. The number of aromatic nitrogens is 2. The number of phenols is 1. The van der Waals surface area contributed by atoms with E-state index in [9.17, 15) is 5.11 Å². The minimum atomic E-state index is 0.249. The second-order valence-electron chi connectivity index (χ2n) is 8.64. The van der Waals surface area contributed by atoms with Gasteiger partial charge in [0.1, 0.15) is 11.5 Å². The molecule has 0 spiro atoms. The van der Waals surface area contributed by atoms with Crippen LogP contribution in [0.4, 0.5) is 0 Å². The Morgan fingerprint density at radius 1 is 0.794 bits per heavy atom. The summed E-state index contributed by atoms with van der Waals surface area (Å²) in [5, 5.41) is 9.70. The molecule has 0 saturated heterocycles. The molecular weight excluding hydrogens is 420 g/mol. The van der Waals surface area contributed by atoms with Crippen LogP contribution in [0.3, 0.4) is 0 Å². The molecule has 2 aromatic carbocycles. The maximum Gasteiger partial charge on any atom is 0.119 e. The summed E-state index contributed by atoms with van der Waals surface area (Å²) in [6.45, 7) is 5.23. The van der Waals surface area contributed by atoms with Gasteiger partial charge in [-0.05, 0) is 84.1 Å². The molecule has 0 radical (unpaired) electrons. The molecule has 0 bridgehead atoms. The van der Waals surface area contributed by atoms with Crippen LogP contribution < -0.4 is 4.74 Å². The molecule has 174 valence electrons. The van der Waals surface area contributed by atoms with Gasteiger partial charge < -0.3 is 9.84 Å². The van der Waals surface area contributed by atoms with Crippen molar-refractivity contribution in [2.45, 2.75) is 39.5 Å². The van der Waals surface area contributed by atoms with Crippen LogP contribution in [0, 0.1) is 5.92 Å². The largest absolute Gasteiger partial charge is 0.508 e. The number of benzene rings is 2. The third-order valence-corrected chi connectivity index (χ3v) is 6.13. The Labute approximate surface area is 202 Å². The zero-order valence-corrected chi connectivity index (χ0v) is 19.9. The van der Waals surface area contributed by atoms with E-state index >= 15 is 0 Å². The Morgan fingerprint density at radius 3 is 2.21 bits per heavy atom. The summed E-state index contributed by atoms with van der Waals surface area (Å²) in [6.07, 6.45) is 6.61. The van der Waals surface area contributed by atoms with Crippen molar-refractivity contribution in [3.05, 3.63) is 85.1 Å². The number of ether oxygens (including phenoxy) is 1. The Kier molecular flexibility index (Phi) is 7.92. The van der Waals surface area contributed by atoms with Crippen LogP contribution in [-0.4, -0.2) is 21.7 Å². The van der Waals surface area contributed by atoms with Crippen molar-refractivity contribution in [3.8, 4) is 45.3 Å². The van der Waals surface area contributed by atoms with E-state index in [1.165, 1.54) is 19.3 Å². The summed E-state index contributed by atoms with van der Waals surface area (Å²) in [5.74, 6) is 1.74. The fourth-order valence-corrected chi connectivity index (χ4v) is 3.98. The van der Waals surface area contributed by atoms with E-state index in [0.29, 0.717) is 5.92 Å². The number of pyridine rings is 2. The van der Waals surface area contributed by atoms with Crippen molar-refractivity contribution in [1.29, 1.82) is 0 Å². The van der Waals surface area contributed by atoms with Crippen LogP contribution in [0.25, 0.3) is 33.8 Å². The molecule has 2 aromatic heterocycles. The predicted octanol–water partition coefficient (Wildman–Crippen LogP) is 7.78. The van der Waals surface area contributed by atoms with Gasteiger partial charge in [0.05, 0.1) is 23.7 Å². The van der Waals surface area contributed by atoms with Crippen LogP contribution in [0.2, 0.25) is 0 Å². The van der Waals surface area contributed by atoms with Crippen molar-refractivity contribution in [3.63, 3.8) is 0 Å². The quantitative estimate of drug-likeness (QED) is 0.267. The Hall–Kier alpha value is -3.66. The SMILES string of the molecule is CCCCC(CC)COc1ccc(-c2cc(-c3ccc(O)cc3)cc(-c3ccccn3)n2)cc1. The molecule has 0 aliphatic rings. The van der Waals surface area contributed by atoms with Gasteiger partial charge in [-0.1, -0.05) is 51.3 Å². The molecule has 0 amide bonds. The first-order chi connectivity index (χ1) is 16.7. The van der Waals surface area contributed by atoms with Gasteiger partial charge in [0.2, 0.25) is 0 Å². The number of rotatable bonds is 10. The van der Waals surface area contributed by atoms with Gasteiger partial charge in [0.25, 0.3) is 0 Å². The van der Waals surface area contributed by atoms with Gasteiger partial charge in [-0.15, -0.1) is 0 Å². The van der Waals surface area contributed by atoms with Gasteiger partial charge in [-0.2, -0.15) is 0 Å². The molecule has 4 rings (SSSR count). The topological polar surface area (TPSA) is 55.2 Å². The summed E-state index contributed by atoms with van der Waals surface area (Å²) in [5.41, 5.74) is 5.55. The van der Waals surface area contributed by atoms with Crippen molar-refractivity contribution >= 4 is 0 Å². The van der Waals surface area contributed by atoms with E-state index in [1.807, 2.05) is 48.5 Å². The summed E-state index contributed by atoms with van der Waals surface area (Å²) in [4.78, 5) is 9.41. The zero-order valence-electron chi connectivity index (χ0n) is 19.9. The summed E-state index contributed by atoms with van der Waals surface area (Å²) < 4.78 is 6.09. The normalized spacial score (nSPS) is 11.8. The number of aromatic hydroxyl groups is 1. The van der Waals surface area contributed by atoms with Gasteiger partial charge in [-0.3, -0.25) is 4.98 Å². The lowest BCUT2D eigenvalue weighted by atomic mass is 10.0. The van der Waals surface area contributed by atoms with E-state index < -0.39 is 0 Å². The maximum absolute atomic E-state index is 9.70. The molecule has 4 heteroatoms. The van der Waals surface area contributed by atoms with Crippen LogP contribution >= 0.6 is 0 Å². The minimum absolute atomic E-state index is 0.249. The highest BCUT2D eigenvalue weighted by molar-refractivity contribution is 5.76. The van der Waals surface area contributed by atoms with E-state index in [0.717, 1.165) is 52.5 Å². The monoisotopic (exact) mass is 452 g/mol. The molecule has 4 aromatic rings. The lowest BCUT2D eigenvalue weighted by molar-refractivity contribution is 0.233. The second kappa shape index (κ2) is 11.5. The van der Waals surface area contributed by atoms with Crippen LogP contribution in [0.5, 0.6) is 11.5 Å². The third-order valence-electron chi connectivity index (χ3n) is 6.13. The molecule has 0 aliphatic heterocycles. The van der Waals surface area contributed by atoms with E-state index in [2.05, 4.69) is 37.0 Å². The number of hydrogen-bond donors (Lipinski definition) is 1. The van der Waals surface area contributed by atoms with Gasteiger partial charge >= 0.3 is 0 Å². The number of hydrogen-bond acceptors (Lipinski definition) is 4. The van der Waals surface area contributed by atoms with Crippen LogP contribution in [0.15, 0.2) is 85.1 Å². The summed E-state index contributed by atoms with van der Waals surface area (Å²) in [7, 11) is 0. The number of phenolic OH excluding ortho intramolecular Hbond substituents is 1. The molecule has 1 atom stereocenters. The van der Waals surface area contributed by atoms with Gasteiger partial charge in [0.15, 0.2) is 0 Å². The predicted molar refractivity (Wildman–Crippen MR) is 139 cm³/mol. The molecular formula is C30H32N2O2. The average molecular weight is 453 g/mol. The van der Waals surface area contributed by atoms with Gasteiger partial charge in [0, 0.05) is 11.8 Å². The number of nitrogens with zero attached hydrogens (tertiary/aromatic N) is 2. The van der Waals surface area contributed by atoms with E-state index in [4.69, 9.17) is 9.72 Å². The Balaban J connectivity index is 1.61. The molecule has 2 heterocycles. The number of unbranched alkanes of at least 4 members (excludes halogenated alkanes) is 1. The van der Waals surface area contributed by atoms with Crippen molar-refractivity contribution < 1.29 is 9.84 Å². The zero-order chi connectivity index (χ0) is 23.8. The first-order valence-corrected chi connectivity index (χ1v) is 12.1. The van der Waals surface area contributed by atoms with E-state index in [-0.39, 0.29) is 5.75 Å². The molecule has 4 nitrogen and oxygen atoms in total. The molecule has 34 heavy (non-hydrogen) atoms. The second-order valence-corrected chi connectivity index (χ2v) is 8.64. The standard InChI is InChI=1S/C30H32N2O2/c1-3-5-8-22(4-2)21-34-27-16-12-24(13-17-27)29-19-25(23-10-14-26(33)15-11-23)20-30(32-29)28-9-6-7-18-31-28/h6-7,9-20,22,33H,3-5,8,21H2,1-2H3. The molecule has 1 N–H and O–H groups in total. The fraction of sp³-hybridized carbons (Fsp3) is 0.267. The van der Waals surface area contributed by atoms with Crippen molar-refractivity contribution in [2.75, 3.05) is 6.61 Å². The first-order valence-electron chi connectivity index (χ1n) is 12.1. The molecule has 0 fully saturated rings. The highest BCUT2D eigenvalue weighted by atomic mass is 16.5. The first kappa shape index (κ1) is 23.5. The summed E-state index contributed by atoms with van der Waals surface area (Å²) >= 11 is 0. The van der Waals surface area contributed by atoms with Crippen molar-refractivity contribution in [1.82, 2.24) is 9.97 Å². The van der Waals surface area contributed by atoms with Crippen molar-refractivity contribution in [2.24, 2.45) is 5.92 Å². The highest BCUT2D eigenvalue weighted by Gasteiger charge is 2.11. The van der Waals surface area contributed by atoms with E-state index in [1.54, 1.807) is 18.3 Å². The lowest BCUT2D eigenvalue weighted by Crippen LogP contribution is -2.11. The van der Waals surface area contributed by atoms with Crippen LogP contribution in [-0.2, 0) is 0 Å². The molecule has 0 aliphatic carbocycles. The highest BCUT2D eigenvalue weighted by Crippen LogP contribution is 2.31. The Morgan fingerprint density at radius 2 is 1.53 bits per heavy atom.